The quantitative estimate of drug-likeness (QED) is 0.714. The van der Waals surface area contributed by atoms with Crippen LogP contribution < -0.4 is 4.90 Å². The number of unbranched alkanes of at least 4 members (excludes halogenated alkanes) is 1. The van der Waals surface area contributed by atoms with Gasteiger partial charge in [-0.3, -0.25) is 4.90 Å². The average molecular weight is 387 g/mol. The van der Waals surface area contributed by atoms with E-state index < -0.39 is 5.82 Å². The Kier molecular flexibility index (Phi) is 6.09. The third kappa shape index (κ3) is 4.59. The number of imidazole rings is 1. The summed E-state index contributed by atoms with van der Waals surface area (Å²) in [6.45, 7) is 7.40. The Hall–Kier alpha value is -1.44. The van der Waals surface area contributed by atoms with Gasteiger partial charge < -0.3 is 9.47 Å². The van der Waals surface area contributed by atoms with Gasteiger partial charge in [0.25, 0.3) is 0 Å². The molecule has 25 heavy (non-hydrogen) atoms. The number of hydrogen-bond acceptors (Lipinski definition) is 5. The Morgan fingerprint density at radius 2 is 1.68 bits per heavy atom. The third-order valence-electron chi connectivity index (χ3n) is 4.43. The SMILES string of the molecule is Cc1nc(Cl)c(Cl)n1CCCCN1CCN(c2ncc(F)cn2)CC1. The molecular formula is C16H21Cl2FN6. The van der Waals surface area contributed by atoms with Gasteiger partial charge in [-0.1, -0.05) is 23.2 Å². The maximum absolute atomic E-state index is 12.9. The molecule has 0 spiro atoms. The van der Waals surface area contributed by atoms with Crippen molar-refractivity contribution in [3.63, 3.8) is 0 Å². The van der Waals surface area contributed by atoms with Crippen LogP contribution in [0.2, 0.25) is 10.3 Å². The summed E-state index contributed by atoms with van der Waals surface area (Å²) >= 11 is 12.1. The van der Waals surface area contributed by atoms with E-state index in [0.29, 0.717) is 16.3 Å². The lowest BCUT2D eigenvalue weighted by atomic mass is 10.2. The van der Waals surface area contributed by atoms with Crippen LogP contribution in [0.3, 0.4) is 0 Å². The van der Waals surface area contributed by atoms with Crippen LogP contribution in [0, 0.1) is 12.7 Å². The molecule has 3 rings (SSSR count). The van der Waals surface area contributed by atoms with E-state index in [1.165, 1.54) is 12.4 Å². The van der Waals surface area contributed by atoms with Crippen molar-refractivity contribution < 1.29 is 4.39 Å². The number of aryl methyl sites for hydroxylation is 1. The Balaban J connectivity index is 1.39. The normalized spacial score (nSPS) is 15.8. The van der Waals surface area contributed by atoms with Crippen LogP contribution in [0.4, 0.5) is 10.3 Å². The van der Waals surface area contributed by atoms with Crippen molar-refractivity contribution in [1.29, 1.82) is 0 Å². The lowest BCUT2D eigenvalue weighted by Gasteiger charge is -2.34. The second kappa shape index (κ2) is 8.29. The van der Waals surface area contributed by atoms with Gasteiger partial charge in [-0.25, -0.2) is 19.3 Å². The number of aromatic nitrogens is 4. The molecule has 0 aromatic carbocycles. The highest BCUT2D eigenvalue weighted by molar-refractivity contribution is 6.40. The predicted octanol–water partition coefficient (Wildman–Crippen LogP) is 3.03. The van der Waals surface area contributed by atoms with Crippen molar-refractivity contribution in [2.24, 2.45) is 0 Å². The molecule has 1 aliphatic rings. The number of rotatable bonds is 6. The Morgan fingerprint density at radius 3 is 2.28 bits per heavy atom. The molecule has 0 bridgehead atoms. The molecule has 3 heterocycles. The summed E-state index contributed by atoms with van der Waals surface area (Å²) in [6.07, 6.45) is 4.53. The molecule has 6 nitrogen and oxygen atoms in total. The minimum Gasteiger partial charge on any atom is -0.338 e. The first-order chi connectivity index (χ1) is 12.0. The standard InChI is InChI=1S/C16H21Cl2FN6/c1-12-22-14(17)15(18)25(12)5-3-2-4-23-6-8-24(9-7-23)16-20-10-13(19)11-21-16/h10-11H,2-9H2,1H3. The molecule has 2 aromatic heterocycles. The Bertz CT molecular complexity index is 697. The van der Waals surface area contributed by atoms with Crippen LogP contribution >= 0.6 is 23.2 Å². The minimum absolute atomic E-state index is 0.373. The number of halogens is 3. The zero-order valence-corrected chi connectivity index (χ0v) is 15.6. The summed E-state index contributed by atoms with van der Waals surface area (Å²) in [6, 6.07) is 0. The lowest BCUT2D eigenvalue weighted by Crippen LogP contribution is -2.47. The molecule has 2 aromatic rings. The zero-order chi connectivity index (χ0) is 17.8. The Morgan fingerprint density at radius 1 is 1.04 bits per heavy atom. The smallest absolute Gasteiger partial charge is 0.225 e. The first kappa shape index (κ1) is 18.4. The largest absolute Gasteiger partial charge is 0.338 e. The van der Waals surface area contributed by atoms with Gasteiger partial charge in [0.1, 0.15) is 11.0 Å². The van der Waals surface area contributed by atoms with Gasteiger partial charge in [0.2, 0.25) is 5.95 Å². The van der Waals surface area contributed by atoms with E-state index in [0.717, 1.165) is 57.9 Å². The van der Waals surface area contributed by atoms with Crippen molar-refractivity contribution in [3.8, 4) is 0 Å². The molecule has 0 aliphatic carbocycles. The second-order valence-electron chi connectivity index (χ2n) is 6.13. The molecule has 0 unspecified atom stereocenters. The summed E-state index contributed by atoms with van der Waals surface area (Å²) in [5, 5.41) is 0.894. The van der Waals surface area contributed by atoms with Crippen LogP contribution in [-0.2, 0) is 6.54 Å². The van der Waals surface area contributed by atoms with Crippen molar-refractivity contribution in [1.82, 2.24) is 24.4 Å². The maximum Gasteiger partial charge on any atom is 0.225 e. The molecule has 0 saturated carbocycles. The fraction of sp³-hybridized carbons (Fsp3) is 0.562. The molecule has 0 amide bonds. The highest BCUT2D eigenvalue weighted by atomic mass is 35.5. The van der Waals surface area contributed by atoms with Crippen LogP contribution in [0.25, 0.3) is 0 Å². The highest BCUT2D eigenvalue weighted by Crippen LogP contribution is 2.23. The molecule has 9 heteroatoms. The van der Waals surface area contributed by atoms with Crippen LogP contribution in [0.15, 0.2) is 12.4 Å². The molecule has 1 saturated heterocycles. The van der Waals surface area contributed by atoms with Crippen LogP contribution in [-0.4, -0.2) is 57.1 Å². The molecule has 0 N–H and O–H groups in total. The van der Waals surface area contributed by atoms with Gasteiger partial charge in [0, 0.05) is 32.7 Å². The van der Waals surface area contributed by atoms with E-state index in [4.69, 9.17) is 23.2 Å². The first-order valence-corrected chi connectivity index (χ1v) is 9.13. The molecule has 1 aliphatic heterocycles. The summed E-state index contributed by atoms with van der Waals surface area (Å²) in [5.41, 5.74) is 0. The third-order valence-corrected chi connectivity index (χ3v) is 5.17. The fourth-order valence-corrected chi connectivity index (χ4v) is 3.48. The van der Waals surface area contributed by atoms with E-state index in [1.54, 1.807) is 0 Å². The van der Waals surface area contributed by atoms with Gasteiger partial charge in [-0.15, -0.1) is 0 Å². The fourth-order valence-electron chi connectivity index (χ4n) is 3.01. The molecule has 136 valence electrons. The number of hydrogen-bond donors (Lipinski definition) is 0. The predicted molar refractivity (Wildman–Crippen MR) is 96.9 cm³/mol. The molecule has 1 fully saturated rings. The van der Waals surface area contributed by atoms with Gasteiger partial charge in [0.15, 0.2) is 11.0 Å². The topological polar surface area (TPSA) is 50.1 Å². The minimum atomic E-state index is -0.406. The van der Waals surface area contributed by atoms with Crippen LogP contribution in [0.5, 0.6) is 0 Å². The summed E-state index contributed by atoms with van der Waals surface area (Å²) in [7, 11) is 0. The summed E-state index contributed by atoms with van der Waals surface area (Å²) in [5.74, 6) is 1.04. The zero-order valence-electron chi connectivity index (χ0n) is 14.1. The van der Waals surface area contributed by atoms with Gasteiger partial charge >= 0.3 is 0 Å². The molecule has 0 atom stereocenters. The van der Waals surface area contributed by atoms with Crippen molar-refractivity contribution >= 4 is 29.2 Å². The van der Waals surface area contributed by atoms with E-state index >= 15 is 0 Å². The van der Waals surface area contributed by atoms with E-state index in [1.807, 2.05) is 11.5 Å². The van der Waals surface area contributed by atoms with Crippen molar-refractivity contribution in [3.05, 3.63) is 34.3 Å². The average Bonchev–Trinajstić information content (AvgIpc) is 2.86. The van der Waals surface area contributed by atoms with Crippen LogP contribution in [0.1, 0.15) is 18.7 Å². The second-order valence-corrected chi connectivity index (χ2v) is 6.85. The highest BCUT2D eigenvalue weighted by Gasteiger charge is 2.18. The first-order valence-electron chi connectivity index (χ1n) is 8.37. The van der Waals surface area contributed by atoms with E-state index in [-0.39, 0.29) is 0 Å². The molecular weight excluding hydrogens is 366 g/mol. The van der Waals surface area contributed by atoms with Crippen molar-refractivity contribution in [2.45, 2.75) is 26.3 Å². The maximum atomic E-state index is 12.9. The van der Waals surface area contributed by atoms with Gasteiger partial charge in [0.05, 0.1) is 12.4 Å². The van der Waals surface area contributed by atoms with Crippen molar-refractivity contribution in [2.75, 3.05) is 37.6 Å². The molecule has 0 radical (unpaired) electrons. The van der Waals surface area contributed by atoms with E-state index in [9.17, 15) is 4.39 Å². The number of piperazine rings is 1. The number of anilines is 1. The summed E-state index contributed by atoms with van der Waals surface area (Å²) in [4.78, 5) is 16.8. The number of nitrogens with zero attached hydrogens (tertiary/aromatic N) is 6. The monoisotopic (exact) mass is 386 g/mol. The Labute approximate surface area is 156 Å². The van der Waals surface area contributed by atoms with Gasteiger partial charge in [-0.2, -0.15) is 0 Å². The van der Waals surface area contributed by atoms with Gasteiger partial charge in [-0.05, 0) is 26.3 Å². The summed E-state index contributed by atoms with van der Waals surface area (Å²) < 4.78 is 14.8. The van der Waals surface area contributed by atoms with E-state index in [2.05, 4.69) is 24.8 Å². The lowest BCUT2D eigenvalue weighted by molar-refractivity contribution is 0.250.